The lowest BCUT2D eigenvalue weighted by atomic mass is 10.2. The van der Waals surface area contributed by atoms with Gasteiger partial charge in [-0.1, -0.05) is 59.9 Å². The molecule has 0 N–H and O–H groups in total. The van der Waals surface area contributed by atoms with Gasteiger partial charge in [-0.2, -0.15) is 0 Å². The minimum atomic E-state index is 0.0990. The van der Waals surface area contributed by atoms with Crippen LogP contribution in [0.25, 0.3) is 16.6 Å². The van der Waals surface area contributed by atoms with Crippen LogP contribution in [0.4, 0.5) is 0 Å². The van der Waals surface area contributed by atoms with Crippen molar-refractivity contribution in [2.75, 3.05) is 0 Å². The van der Waals surface area contributed by atoms with E-state index in [1.54, 1.807) is 11.8 Å². The molecule has 25 heavy (non-hydrogen) atoms. The summed E-state index contributed by atoms with van der Waals surface area (Å²) in [5, 5.41) is 0.778. The predicted octanol–water partition coefficient (Wildman–Crippen LogP) is 5.61. The number of benzene rings is 3. The monoisotopic (exact) mass is 359 g/mol. The Morgan fingerprint density at radius 1 is 0.800 bits per heavy atom. The van der Waals surface area contributed by atoms with Crippen molar-refractivity contribution in [1.82, 2.24) is 4.57 Å². The summed E-state index contributed by atoms with van der Waals surface area (Å²) in [6.45, 7) is 0. The van der Waals surface area contributed by atoms with Crippen molar-refractivity contribution in [1.29, 1.82) is 0 Å². The SMILES string of the molecule is O=c1c(Sc2ccccc2)cn2c3c(cccc13)Sc1ccccc1-2. The third kappa shape index (κ3) is 2.41. The third-order valence-corrected chi connectivity index (χ3v) is 6.40. The topological polar surface area (TPSA) is 22.0 Å². The summed E-state index contributed by atoms with van der Waals surface area (Å²) in [6.07, 6.45) is 1.99. The molecular weight excluding hydrogens is 346 g/mol. The summed E-state index contributed by atoms with van der Waals surface area (Å²) in [5.41, 5.74) is 2.24. The summed E-state index contributed by atoms with van der Waals surface area (Å²) >= 11 is 3.25. The molecule has 0 spiro atoms. The zero-order chi connectivity index (χ0) is 16.8. The van der Waals surface area contributed by atoms with Crippen LogP contribution in [0.2, 0.25) is 0 Å². The van der Waals surface area contributed by atoms with Crippen LogP contribution in [0.15, 0.2) is 103 Å². The Morgan fingerprint density at radius 3 is 2.44 bits per heavy atom. The van der Waals surface area contributed by atoms with Crippen molar-refractivity contribution in [3.05, 3.63) is 89.2 Å². The lowest BCUT2D eigenvalue weighted by molar-refractivity contribution is 0.998. The Labute approximate surface area is 153 Å². The second-order valence-corrected chi connectivity index (χ2v) is 8.03. The van der Waals surface area contributed by atoms with Gasteiger partial charge in [-0.25, -0.2) is 0 Å². The molecule has 4 aromatic rings. The van der Waals surface area contributed by atoms with E-state index in [0.29, 0.717) is 0 Å². The molecule has 0 bridgehead atoms. The van der Waals surface area contributed by atoms with Gasteiger partial charge in [0.2, 0.25) is 5.43 Å². The average molecular weight is 359 g/mol. The number of nitrogens with zero attached hydrogens (tertiary/aromatic N) is 1. The molecule has 0 amide bonds. The molecule has 0 saturated carbocycles. The molecule has 0 aliphatic carbocycles. The molecule has 0 radical (unpaired) electrons. The fourth-order valence-corrected chi connectivity index (χ4v) is 5.16. The second kappa shape index (κ2) is 5.83. The van der Waals surface area contributed by atoms with E-state index >= 15 is 0 Å². The van der Waals surface area contributed by atoms with Gasteiger partial charge in [0.1, 0.15) is 0 Å². The smallest absolute Gasteiger partial charge is 0.203 e. The van der Waals surface area contributed by atoms with Crippen molar-refractivity contribution in [3.63, 3.8) is 0 Å². The van der Waals surface area contributed by atoms with Gasteiger partial charge in [0.25, 0.3) is 0 Å². The van der Waals surface area contributed by atoms with Gasteiger partial charge < -0.3 is 4.57 Å². The molecular formula is C21H13NOS2. The highest BCUT2D eigenvalue weighted by molar-refractivity contribution is 8.00. The molecule has 1 aromatic heterocycles. The maximum Gasteiger partial charge on any atom is 0.203 e. The Kier molecular flexibility index (Phi) is 3.47. The lowest BCUT2D eigenvalue weighted by Gasteiger charge is -2.23. The summed E-state index contributed by atoms with van der Waals surface area (Å²) in [5.74, 6) is 0. The van der Waals surface area contributed by atoms with Crippen molar-refractivity contribution < 1.29 is 0 Å². The van der Waals surface area contributed by atoms with E-state index in [1.165, 1.54) is 16.7 Å². The van der Waals surface area contributed by atoms with Crippen LogP contribution < -0.4 is 5.43 Å². The minimum absolute atomic E-state index is 0.0990. The number of hydrogen-bond donors (Lipinski definition) is 0. The van der Waals surface area contributed by atoms with Crippen molar-refractivity contribution in [3.8, 4) is 5.69 Å². The summed E-state index contributed by atoms with van der Waals surface area (Å²) in [7, 11) is 0. The fraction of sp³-hybridized carbons (Fsp3) is 0. The molecule has 1 aliphatic heterocycles. The zero-order valence-electron chi connectivity index (χ0n) is 13.2. The van der Waals surface area contributed by atoms with Crippen LogP contribution >= 0.6 is 23.5 Å². The Hall–Kier alpha value is -2.43. The highest BCUT2D eigenvalue weighted by Crippen LogP contribution is 2.42. The van der Waals surface area contributed by atoms with Gasteiger partial charge in [-0.05, 0) is 36.4 Å². The molecule has 0 fully saturated rings. The molecule has 2 heterocycles. The van der Waals surface area contributed by atoms with Crippen LogP contribution in [0.1, 0.15) is 0 Å². The second-order valence-electron chi connectivity index (χ2n) is 5.83. The predicted molar refractivity (Wildman–Crippen MR) is 104 cm³/mol. The number of rotatable bonds is 2. The Morgan fingerprint density at radius 2 is 1.56 bits per heavy atom. The first-order valence-electron chi connectivity index (χ1n) is 8.00. The number of pyridine rings is 1. The molecule has 1 aliphatic rings. The van der Waals surface area contributed by atoms with E-state index < -0.39 is 0 Å². The van der Waals surface area contributed by atoms with Gasteiger partial charge in [0, 0.05) is 26.3 Å². The van der Waals surface area contributed by atoms with E-state index in [-0.39, 0.29) is 5.43 Å². The maximum atomic E-state index is 13.0. The normalized spacial score (nSPS) is 12.2. The molecule has 2 nitrogen and oxygen atoms in total. The van der Waals surface area contributed by atoms with E-state index in [1.807, 2.05) is 54.7 Å². The van der Waals surface area contributed by atoms with Crippen molar-refractivity contribution in [2.24, 2.45) is 0 Å². The molecule has 5 rings (SSSR count). The third-order valence-electron chi connectivity index (χ3n) is 4.27. The van der Waals surface area contributed by atoms with Crippen molar-refractivity contribution >= 4 is 34.4 Å². The Bertz CT molecular complexity index is 1170. The van der Waals surface area contributed by atoms with E-state index in [2.05, 4.69) is 28.8 Å². The number of para-hydroxylation sites is 2. The highest BCUT2D eigenvalue weighted by Gasteiger charge is 2.20. The summed E-state index contributed by atoms with van der Waals surface area (Å²) in [4.78, 5) is 17.2. The van der Waals surface area contributed by atoms with Crippen molar-refractivity contribution in [2.45, 2.75) is 19.6 Å². The van der Waals surface area contributed by atoms with Crippen LogP contribution in [-0.4, -0.2) is 4.57 Å². The quantitative estimate of drug-likeness (QED) is 0.409. The van der Waals surface area contributed by atoms with E-state index in [4.69, 9.17) is 0 Å². The number of hydrogen-bond acceptors (Lipinski definition) is 3. The molecule has 0 atom stereocenters. The van der Waals surface area contributed by atoms with Crippen LogP contribution in [0.5, 0.6) is 0 Å². The standard InChI is InChI=1S/C21H13NOS2/c23-21-15-9-6-12-18-20(15)22(16-10-4-5-11-17(16)25-18)13-19(21)24-14-7-2-1-3-8-14/h1-13H. The first-order chi connectivity index (χ1) is 12.3. The van der Waals surface area contributed by atoms with Gasteiger partial charge in [-0.3, -0.25) is 4.79 Å². The summed E-state index contributed by atoms with van der Waals surface area (Å²) < 4.78 is 2.17. The van der Waals surface area contributed by atoms with E-state index in [0.717, 1.165) is 31.3 Å². The first-order valence-corrected chi connectivity index (χ1v) is 9.63. The molecule has 4 heteroatoms. The summed E-state index contributed by atoms with van der Waals surface area (Å²) in [6, 6.07) is 24.4. The number of fused-ring (bicyclic) bond motifs is 2. The molecule has 0 saturated heterocycles. The van der Waals surface area contributed by atoms with Gasteiger partial charge in [-0.15, -0.1) is 0 Å². The number of aromatic nitrogens is 1. The molecule has 0 unspecified atom stereocenters. The van der Waals surface area contributed by atoms with Gasteiger partial charge in [0.15, 0.2) is 0 Å². The highest BCUT2D eigenvalue weighted by atomic mass is 32.2. The first kappa shape index (κ1) is 14.9. The van der Waals surface area contributed by atoms with Crippen LogP contribution in [0, 0.1) is 0 Å². The van der Waals surface area contributed by atoms with Crippen LogP contribution in [0.3, 0.4) is 0 Å². The van der Waals surface area contributed by atoms with Crippen LogP contribution in [-0.2, 0) is 0 Å². The average Bonchev–Trinajstić information content (AvgIpc) is 2.66. The largest absolute Gasteiger partial charge is 0.313 e. The molecule has 3 aromatic carbocycles. The minimum Gasteiger partial charge on any atom is -0.313 e. The van der Waals surface area contributed by atoms with Gasteiger partial charge in [0.05, 0.1) is 16.1 Å². The van der Waals surface area contributed by atoms with Gasteiger partial charge >= 0.3 is 0 Å². The maximum absolute atomic E-state index is 13.0. The Balaban J connectivity index is 1.81. The van der Waals surface area contributed by atoms with E-state index in [9.17, 15) is 4.79 Å². The fourth-order valence-electron chi connectivity index (χ4n) is 3.15. The lowest BCUT2D eigenvalue weighted by Crippen LogP contribution is -2.13. The molecule has 120 valence electrons. The zero-order valence-corrected chi connectivity index (χ0v) is 14.8.